The van der Waals surface area contributed by atoms with Gasteiger partial charge in [-0.2, -0.15) is 9.50 Å². The highest BCUT2D eigenvalue weighted by molar-refractivity contribution is 5.75. The van der Waals surface area contributed by atoms with Gasteiger partial charge in [-0.25, -0.2) is 4.98 Å². The third-order valence-electron chi connectivity index (χ3n) is 4.38. The Hall–Kier alpha value is -3.81. The molecule has 148 valence electrons. The summed E-state index contributed by atoms with van der Waals surface area (Å²) in [5.74, 6) is 3.36. The van der Waals surface area contributed by atoms with Crippen molar-refractivity contribution in [1.29, 1.82) is 0 Å². The molecule has 0 unspecified atom stereocenters. The number of para-hydroxylation sites is 1. The van der Waals surface area contributed by atoms with Crippen LogP contribution in [0.2, 0.25) is 0 Å². The van der Waals surface area contributed by atoms with Crippen molar-refractivity contribution in [2.24, 2.45) is 0 Å². The molecule has 4 rings (SSSR count). The summed E-state index contributed by atoms with van der Waals surface area (Å²) in [4.78, 5) is 8.78. The lowest BCUT2D eigenvalue weighted by molar-refractivity contribution is 0.296. The lowest BCUT2D eigenvalue weighted by Gasteiger charge is -2.16. The number of nitrogens with zero attached hydrogens (tertiary/aromatic N) is 4. The second-order valence-corrected chi connectivity index (χ2v) is 6.05. The van der Waals surface area contributed by atoms with E-state index < -0.39 is 0 Å². The van der Waals surface area contributed by atoms with Gasteiger partial charge in [-0.1, -0.05) is 18.2 Å². The average Bonchev–Trinajstić information content (AvgIpc) is 3.20. The van der Waals surface area contributed by atoms with Crippen molar-refractivity contribution in [2.75, 3.05) is 21.3 Å². The molecule has 0 amide bonds. The summed E-state index contributed by atoms with van der Waals surface area (Å²) in [5, 5.41) is 4.57. The minimum Gasteiger partial charge on any atom is -0.493 e. The van der Waals surface area contributed by atoms with Crippen LogP contribution in [0.25, 0.3) is 17.0 Å². The summed E-state index contributed by atoms with van der Waals surface area (Å²) < 4.78 is 23.9. The van der Waals surface area contributed by atoms with Gasteiger partial charge in [-0.3, -0.25) is 0 Å². The molecule has 0 saturated carbocycles. The molecule has 2 aromatic heterocycles. The fourth-order valence-corrected chi connectivity index (χ4v) is 3.07. The lowest BCUT2D eigenvalue weighted by atomic mass is 10.1. The van der Waals surface area contributed by atoms with Crippen LogP contribution in [0.1, 0.15) is 5.82 Å². The molecule has 0 spiro atoms. The third kappa shape index (κ3) is 3.52. The monoisotopic (exact) mass is 392 g/mol. The van der Waals surface area contributed by atoms with Gasteiger partial charge in [0.05, 0.1) is 27.0 Å². The second-order valence-electron chi connectivity index (χ2n) is 6.05. The van der Waals surface area contributed by atoms with Crippen molar-refractivity contribution in [2.45, 2.75) is 6.61 Å². The Bertz CT molecular complexity index is 1130. The fraction of sp³-hybridized carbons (Fsp3) is 0.190. The number of rotatable bonds is 7. The fourth-order valence-electron chi connectivity index (χ4n) is 3.07. The maximum atomic E-state index is 5.75. The molecule has 8 heteroatoms. The van der Waals surface area contributed by atoms with Crippen LogP contribution in [0.4, 0.5) is 0 Å². The molecule has 0 radical (unpaired) electrons. The molecule has 0 aliphatic heterocycles. The quantitative estimate of drug-likeness (QED) is 0.477. The molecule has 8 nitrogen and oxygen atoms in total. The van der Waals surface area contributed by atoms with Gasteiger partial charge in [0.1, 0.15) is 12.4 Å². The first-order valence-electron chi connectivity index (χ1n) is 8.93. The highest BCUT2D eigenvalue weighted by Crippen LogP contribution is 2.44. The average molecular weight is 392 g/mol. The standard InChI is InChI=1S/C21H20N4O4/c1-26-17-10-9-15(19(27-2)20(17)28-3)16-11-12-22-21-23-18(24-25(16)21)13-29-14-7-5-4-6-8-14/h4-12H,13H2,1-3H3. The highest BCUT2D eigenvalue weighted by atomic mass is 16.5. The Balaban J connectivity index is 1.74. The zero-order valence-corrected chi connectivity index (χ0v) is 16.3. The first-order chi connectivity index (χ1) is 14.2. The molecule has 29 heavy (non-hydrogen) atoms. The Kier molecular flexibility index (Phi) is 5.15. The van der Waals surface area contributed by atoms with E-state index in [1.54, 1.807) is 32.0 Å². The van der Waals surface area contributed by atoms with E-state index >= 15 is 0 Å². The van der Waals surface area contributed by atoms with E-state index in [0.29, 0.717) is 28.9 Å². The van der Waals surface area contributed by atoms with E-state index in [9.17, 15) is 0 Å². The van der Waals surface area contributed by atoms with Gasteiger partial charge < -0.3 is 18.9 Å². The molecule has 0 atom stereocenters. The predicted molar refractivity (Wildman–Crippen MR) is 107 cm³/mol. The topological polar surface area (TPSA) is 80.0 Å². The molecule has 2 aromatic carbocycles. The van der Waals surface area contributed by atoms with E-state index in [1.807, 2.05) is 48.5 Å². The van der Waals surface area contributed by atoms with Crippen molar-refractivity contribution in [3.63, 3.8) is 0 Å². The summed E-state index contributed by atoms with van der Waals surface area (Å²) in [6, 6.07) is 15.1. The summed E-state index contributed by atoms with van der Waals surface area (Å²) in [6.07, 6.45) is 1.68. The Morgan fingerprint density at radius 3 is 2.38 bits per heavy atom. The lowest BCUT2D eigenvalue weighted by Crippen LogP contribution is -2.01. The Morgan fingerprint density at radius 1 is 0.862 bits per heavy atom. The predicted octanol–water partition coefficient (Wildman–Crippen LogP) is 3.40. The maximum absolute atomic E-state index is 5.75. The van der Waals surface area contributed by atoms with Crippen LogP contribution >= 0.6 is 0 Å². The highest BCUT2D eigenvalue weighted by Gasteiger charge is 2.20. The van der Waals surface area contributed by atoms with Crippen LogP contribution in [-0.4, -0.2) is 40.9 Å². The number of hydrogen-bond acceptors (Lipinski definition) is 7. The minimum atomic E-state index is 0.232. The SMILES string of the molecule is COc1ccc(-c2ccnc3nc(COc4ccccc4)nn23)c(OC)c1OC. The second kappa shape index (κ2) is 8.05. The zero-order chi connectivity index (χ0) is 20.2. The molecule has 0 aliphatic carbocycles. The van der Waals surface area contributed by atoms with Gasteiger partial charge in [-0.15, -0.1) is 5.10 Å². The summed E-state index contributed by atoms with van der Waals surface area (Å²) in [7, 11) is 4.73. The number of ether oxygens (including phenoxy) is 4. The third-order valence-corrected chi connectivity index (χ3v) is 4.38. The Morgan fingerprint density at radius 2 is 1.66 bits per heavy atom. The number of fused-ring (bicyclic) bond motifs is 1. The first kappa shape index (κ1) is 18.5. The zero-order valence-electron chi connectivity index (χ0n) is 16.3. The summed E-state index contributed by atoms with van der Waals surface area (Å²) in [6.45, 7) is 0.232. The van der Waals surface area contributed by atoms with E-state index in [-0.39, 0.29) is 6.61 Å². The molecule has 0 N–H and O–H groups in total. The van der Waals surface area contributed by atoms with Crippen LogP contribution in [0.15, 0.2) is 54.7 Å². The van der Waals surface area contributed by atoms with E-state index in [1.165, 1.54) is 0 Å². The number of hydrogen-bond donors (Lipinski definition) is 0. The van der Waals surface area contributed by atoms with Crippen molar-refractivity contribution in [1.82, 2.24) is 19.6 Å². The van der Waals surface area contributed by atoms with Crippen LogP contribution in [0.5, 0.6) is 23.0 Å². The van der Waals surface area contributed by atoms with Crippen molar-refractivity contribution >= 4 is 5.78 Å². The minimum absolute atomic E-state index is 0.232. The van der Waals surface area contributed by atoms with Crippen molar-refractivity contribution < 1.29 is 18.9 Å². The van der Waals surface area contributed by atoms with Crippen molar-refractivity contribution in [3.8, 4) is 34.3 Å². The van der Waals surface area contributed by atoms with E-state index in [2.05, 4.69) is 15.1 Å². The Labute approximate surface area is 167 Å². The molecular weight excluding hydrogens is 372 g/mol. The summed E-state index contributed by atoms with van der Waals surface area (Å²) in [5.41, 5.74) is 1.53. The smallest absolute Gasteiger partial charge is 0.253 e. The maximum Gasteiger partial charge on any atom is 0.253 e. The number of methoxy groups -OCH3 is 3. The molecule has 2 heterocycles. The molecule has 0 bridgehead atoms. The first-order valence-corrected chi connectivity index (χ1v) is 8.93. The molecule has 4 aromatic rings. The van der Waals surface area contributed by atoms with Gasteiger partial charge in [-0.05, 0) is 30.3 Å². The molecular formula is C21H20N4O4. The largest absolute Gasteiger partial charge is 0.493 e. The van der Waals surface area contributed by atoms with Gasteiger partial charge >= 0.3 is 0 Å². The summed E-state index contributed by atoms with van der Waals surface area (Å²) >= 11 is 0. The van der Waals surface area contributed by atoms with E-state index in [4.69, 9.17) is 18.9 Å². The van der Waals surface area contributed by atoms with E-state index in [0.717, 1.165) is 17.0 Å². The van der Waals surface area contributed by atoms with Crippen LogP contribution in [0.3, 0.4) is 0 Å². The van der Waals surface area contributed by atoms with Crippen molar-refractivity contribution in [3.05, 3.63) is 60.6 Å². The van der Waals surface area contributed by atoms with Crippen LogP contribution in [0, 0.1) is 0 Å². The van der Waals surface area contributed by atoms with Gasteiger partial charge in [0.2, 0.25) is 5.75 Å². The van der Waals surface area contributed by atoms with Crippen LogP contribution < -0.4 is 18.9 Å². The number of aromatic nitrogens is 4. The molecule has 0 aliphatic rings. The van der Waals surface area contributed by atoms with Gasteiger partial charge in [0.15, 0.2) is 17.3 Å². The van der Waals surface area contributed by atoms with Crippen LogP contribution in [-0.2, 0) is 6.61 Å². The van der Waals surface area contributed by atoms with Gasteiger partial charge in [0, 0.05) is 11.8 Å². The number of benzene rings is 2. The molecule has 0 fully saturated rings. The van der Waals surface area contributed by atoms with Gasteiger partial charge in [0.25, 0.3) is 5.78 Å². The normalized spacial score (nSPS) is 10.7. The molecule has 0 saturated heterocycles.